The molecule has 2 N–H and O–H groups in total. The number of carboxylic acids is 1. The van der Waals surface area contributed by atoms with Crippen LogP contribution in [-0.4, -0.2) is 17.6 Å². The normalized spacial score (nSPS) is 16.8. The average molecular weight is 344 g/mol. The van der Waals surface area contributed by atoms with E-state index in [-0.39, 0.29) is 6.42 Å². The Morgan fingerprint density at radius 3 is 2.60 bits per heavy atom. The summed E-state index contributed by atoms with van der Waals surface area (Å²) in [5, 5.41) is 12.4. The summed E-state index contributed by atoms with van der Waals surface area (Å²) in [7, 11) is 0. The number of carbonyl (C=O) groups is 1. The fourth-order valence-electron chi connectivity index (χ4n) is 3.67. The van der Waals surface area contributed by atoms with E-state index < -0.39 is 5.97 Å². The van der Waals surface area contributed by atoms with Gasteiger partial charge < -0.3 is 10.4 Å². The lowest BCUT2D eigenvalue weighted by molar-refractivity contribution is -0.136. The van der Waals surface area contributed by atoms with Gasteiger partial charge in [0.25, 0.3) is 0 Å². The molecule has 2 rings (SSSR count). The van der Waals surface area contributed by atoms with E-state index in [2.05, 4.69) is 36.5 Å². The van der Waals surface area contributed by atoms with Gasteiger partial charge in [-0.3, -0.25) is 4.79 Å². The molecular weight excluding hydrogens is 310 g/mol. The number of anilines is 1. The molecule has 1 aliphatic rings. The molecule has 0 heterocycles. The number of unbranched alkanes of at least 4 members (excludes halogenated alkanes) is 1. The molecule has 1 saturated carbocycles. The Morgan fingerprint density at radius 1 is 1.24 bits per heavy atom. The van der Waals surface area contributed by atoms with E-state index in [0.717, 1.165) is 23.7 Å². The molecule has 1 fully saturated rings. The van der Waals surface area contributed by atoms with E-state index in [1.807, 2.05) is 12.1 Å². The summed E-state index contributed by atoms with van der Waals surface area (Å²) in [6.07, 6.45) is 14.8. The van der Waals surface area contributed by atoms with Gasteiger partial charge in [0.05, 0.1) is 0 Å². The Kier molecular flexibility index (Phi) is 8.58. The Balaban J connectivity index is 1.88. The number of carboxylic acid groups (broad SMARTS) is 1. The number of aliphatic carboxylic acids is 1. The van der Waals surface area contributed by atoms with Gasteiger partial charge in [-0.1, -0.05) is 56.9 Å². The minimum absolute atomic E-state index is 0.193. The summed E-state index contributed by atoms with van der Waals surface area (Å²) < 4.78 is 0. The van der Waals surface area contributed by atoms with Crippen molar-refractivity contribution < 1.29 is 9.90 Å². The van der Waals surface area contributed by atoms with Crippen molar-refractivity contribution in [3.05, 3.63) is 42.0 Å². The summed E-state index contributed by atoms with van der Waals surface area (Å²) in [6.45, 7) is 3.21. The van der Waals surface area contributed by atoms with Crippen LogP contribution in [-0.2, 0) is 11.2 Å². The zero-order chi connectivity index (χ0) is 17.9. The third kappa shape index (κ3) is 7.33. The van der Waals surface area contributed by atoms with E-state index in [0.29, 0.717) is 12.3 Å². The lowest BCUT2D eigenvalue weighted by Gasteiger charge is -2.29. The third-order valence-electron chi connectivity index (χ3n) is 5.22. The molecule has 0 saturated heterocycles. The summed E-state index contributed by atoms with van der Waals surface area (Å²) in [6, 6.07) is 8.22. The van der Waals surface area contributed by atoms with Gasteiger partial charge >= 0.3 is 5.97 Å². The second kappa shape index (κ2) is 11.0. The van der Waals surface area contributed by atoms with Crippen molar-refractivity contribution in [2.75, 3.05) is 11.9 Å². The number of nitrogens with one attached hydrogen (secondary N) is 1. The highest BCUT2D eigenvalue weighted by Gasteiger charge is 2.21. The first kappa shape index (κ1) is 19.6. The van der Waals surface area contributed by atoms with Crippen LogP contribution in [0, 0.1) is 11.8 Å². The Labute approximate surface area is 152 Å². The summed E-state index contributed by atoms with van der Waals surface area (Å²) in [5.74, 6) is 0.680. The Hall–Kier alpha value is -1.77. The zero-order valence-electron chi connectivity index (χ0n) is 15.5. The van der Waals surface area contributed by atoms with Crippen LogP contribution in [0.25, 0.3) is 0 Å². The lowest BCUT2D eigenvalue weighted by Crippen LogP contribution is -2.23. The van der Waals surface area contributed by atoms with Crippen molar-refractivity contribution in [2.24, 2.45) is 11.8 Å². The summed E-state index contributed by atoms with van der Waals surface area (Å²) in [5.41, 5.74) is 2.21. The van der Waals surface area contributed by atoms with Crippen molar-refractivity contribution >= 4 is 11.7 Å². The quantitative estimate of drug-likeness (QED) is 0.538. The van der Waals surface area contributed by atoms with E-state index >= 15 is 0 Å². The molecule has 0 amide bonds. The topological polar surface area (TPSA) is 49.3 Å². The molecule has 1 atom stereocenters. The van der Waals surface area contributed by atoms with Gasteiger partial charge in [0.1, 0.15) is 0 Å². The molecule has 25 heavy (non-hydrogen) atoms. The zero-order valence-corrected chi connectivity index (χ0v) is 15.5. The Morgan fingerprint density at radius 2 is 1.96 bits per heavy atom. The van der Waals surface area contributed by atoms with Gasteiger partial charge in [0.15, 0.2) is 0 Å². The fourth-order valence-corrected chi connectivity index (χ4v) is 3.67. The maximum atomic E-state index is 10.7. The minimum atomic E-state index is -0.739. The molecule has 0 radical (unpaired) electrons. The van der Waals surface area contributed by atoms with Crippen LogP contribution in [0.1, 0.15) is 63.9 Å². The van der Waals surface area contributed by atoms with Crippen LogP contribution in [0.3, 0.4) is 0 Å². The van der Waals surface area contributed by atoms with Crippen molar-refractivity contribution in [3.8, 4) is 0 Å². The van der Waals surface area contributed by atoms with Gasteiger partial charge in [0.2, 0.25) is 0 Å². The van der Waals surface area contributed by atoms with E-state index in [1.54, 1.807) is 0 Å². The first-order valence-electron chi connectivity index (χ1n) is 9.90. The van der Waals surface area contributed by atoms with Crippen LogP contribution in [0.4, 0.5) is 5.69 Å². The highest BCUT2D eigenvalue weighted by Crippen LogP contribution is 2.31. The average Bonchev–Trinajstić information content (AvgIpc) is 2.64. The number of aryl methyl sites for hydroxylation is 1. The van der Waals surface area contributed by atoms with Crippen LogP contribution in [0.5, 0.6) is 0 Å². The van der Waals surface area contributed by atoms with Crippen molar-refractivity contribution in [2.45, 2.75) is 64.7 Å². The molecule has 0 spiro atoms. The summed E-state index contributed by atoms with van der Waals surface area (Å²) in [4.78, 5) is 10.7. The molecule has 0 bridgehead atoms. The number of hydrogen-bond donors (Lipinski definition) is 2. The second-order valence-electron chi connectivity index (χ2n) is 7.25. The minimum Gasteiger partial charge on any atom is -0.481 e. The first-order valence-corrected chi connectivity index (χ1v) is 9.90. The molecule has 0 aliphatic heterocycles. The molecule has 0 aromatic heterocycles. The SMILES string of the molecule is CCCC=CC(CNc1ccc(CCC(=O)O)cc1)C1CCCCC1. The Bertz CT molecular complexity index is 529. The third-order valence-corrected chi connectivity index (χ3v) is 5.22. The van der Waals surface area contributed by atoms with Gasteiger partial charge in [0, 0.05) is 18.7 Å². The van der Waals surface area contributed by atoms with Crippen molar-refractivity contribution in [3.63, 3.8) is 0 Å². The predicted molar refractivity (Wildman–Crippen MR) is 105 cm³/mol. The van der Waals surface area contributed by atoms with Crippen LogP contribution in [0.2, 0.25) is 0 Å². The van der Waals surface area contributed by atoms with Gasteiger partial charge in [-0.15, -0.1) is 0 Å². The number of benzene rings is 1. The molecular formula is C22H33NO2. The fraction of sp³-hybridized carbons (Fsp3) is 0.591. The molecule has 1 aromatic rings. The smallest absolute Gasteiger partial charge is 0.303 e. The summed E-state index contributed by atoms with van der Waals surface area (Å²) >= 11 is 0. The molecule has 1 unspecified atom stereocenters. The van der Waals surface area contributed by atoms with E-state index in [1.165, 1.54) is 44.9 Å². The van der Waals surface area contributed by atoms with E-state index in [9.17, 15) is 4.79 Å². The van der Waals surface area contributed by atoms with Crippen LogP contribution < -0.4 is 5.32 Å². The molecule has 1 aliphatic carbocycles. The largest absolute Gasteiger partial charge is 0.481 e. The highest BCUT2D eigenvalue weighted by atomic mass is 16.4. The van der Waals surface area contributed by atoms with E-state index in [4.69, 9.17) is 5.11 Å². The maximum absolute atomic E-state index is 10.7. The lowest BCUT2D eigenvalue weighted by atomic mass is 9.79. The van der Waals surface area contributed by atoms with Gasteiger partial charge in [-0.2, -0.15) is 0 Å². The van der Waals surface area contributed by atoms with Gasteiger partial charge in [-0.25, -0.2) is 0 Å². The molecule has 3 heteroatoms. The van der Waals surface area contributed by atoms with Gasteiger partial charge in [-0.05, 0) is 55.2 Å². The van der Waals surface area contributed by atoms with Crippen molar-refractivity contribution in [1.82, 2.24) is 0 Å². The number of rotatable bonds is 10. The molecule has 138 valence electrons. The van der Waals surface area contributed by atoms with Crippen LogP contribution >= 0.6 is 0 Å². The second-order valence-corrected chi connectivity index (χ2v) is 7.25. The predicted octanol–water partition coefficient (Wildman–Crippen LogP) is 5.67. The standard InChI is InChI=1S/C22H33NO2/c1-2-3-5-10-20(19-8-6-4-7-9-19)17-23-21-14-11-18(12-15-21)13-16-22(24)25/h5,10-12,14-15,19-20,23H,2-4,6-9,13,16-17H2,1H3,(H,24,25). The maximum Gasteiger partial charge on any atom is 0.303 e. The monoisotopic (exact) mass is 343 g/mol. The molecule has 1 aromatic carbocycles. The highest BCUT2D eigenvalue weighted by molar-refractivity contribution is 5.67. The number of allylic oxidation sites excluding steroid dienone is 1. The van der Waals surface area contributed by atoms with Crippen LogP contribution in [0.15, 0.2) is 36.4 Å². The first-order chi connectivity index (χ1) is 12.2. The molecule has 3 nitrogen and oxygen atoms in total. The number of hydrogen-bond acceptors (Lipinski definition) is 2. The van der Waals surface area contributed by atoms with Crippen molar-refractivity contribution in [1.29, 1.82) is 0 Å².